The van der Waals surface area contributed by atoms with E-state index in [1.165, 1.54) is 0 Å². The van der Waals surface area contributed by atoms with E-state index < -0.39 is 5.97 Å². The molecule has 0 aromatic carbocycles. The number of morpholine rings is 1. The van der Waals surface area contributed by atoms with Crippen molar-refractivity contribution in [2.24, 2.45) is 0 Å². The number of aryl methyl sites for hydroxylation is 1. The predicted octanol–water partition coefficient (Wildman–Crippen LogP) is 0.480. The Bertz CT molecular complexity index is 407. The van der Waals surface area contributed by atoms with E-state index >= 15 is 0 Å². The third-order valence-corrected chi connectivity index (χ3v) is 2.92. The van der Waals surface area contributed by atoms with Crippen LogP contribution in [0.2, 0.25) is 0 Å². The molecule has 18 heavy (non-hydrogen) atoms. The van der Waals surface area contributed by atoms with E-state index in [0.717, 1.165) is 19.6 Å². The van der Waals surface area contributed by atoms with Gasteiger partial charge in [-0.15, -0.1) is 0 Å². The van der Waals surface area contributed by atoms with Crippen LogP contribution in [-0.2, 0) is 16.0 Å². The normalized spacial score (nSPS) is 21.1. The van der Waals surface area contributed by atoms with Gasteiger partial charge in [-0.3, -0.25) is 9.69 Å². The van der Waals surface area contributed by atoms with E-state index in [2.05, 4.69) is 22.0 Å². The first-order chi connectivity index (χ1) is 8.69. The number of carboxylic acid groups (broad SMARTS) is 1. The predicted molar refractivity (Wildman–Crippen MR) is 61.1 cm³/mol. The SMILES string of the molecule is CCN1CCOC(c2noc(CCC(=O)O)n2)C1. The van der Waals surface area contributed by atoms with E-state index in [9.17, 15) is 4.79 Å². The number of hydrogen-bond acceptors (Lipinski definition) is 6. The summed E-state index contributed by atoms with van der Waals surface area (Å²) in [5.41, 5.74) is 0. The summed E-state index contributed by atoms with van der Waals surface area (Å²) in [5.74, 6) is -0.0148. The Morgan fingerprint density at radius 3 is 3.17 bits per heavy atom. The van der Waals surface area contributed by atoms with Crippen LogP contribution < -0.4 is 0 Å². The van der Waals surface area contributed by atoms with Crippen LogP contribution in [0, 0.1) is 0 Å². The third kappa shape index (κ3) is 3.27. The van der Waals surface area contributed by atoms with Gasteiger partial charge in [-0.05, 0) is 6.54 Å². The summed E-state index contributed by atoms with van der Waals surface area (Å²) in [6, 6.07) is 0. The van der Waals surface area contributed by atoms with Crippen LogP contribution in [0.5, 0.6) is 0 Å². The van der Waals surface area contributed by atoms with Crippen molar-refractivity contribution in [3.05, 3.63) is 11.7 Å². The van der Waals surface area contributed by atoms with Gasteiger partial charge in [0, 0.05) is 19.5 Å². The Labute approximate surface area is 105 Å². The molecule has 1 aromatic heterocycles. The first-order valence-electron chi connectivity index (χ1n) is 6.07. The minimum atomic E-state index is -0.874. The van der Waals surface area contributed by atoms with Crippen molar-refractivity contribution in [2.45, 2.75) is 25.9 Å². The van der Waals surface area contributed by atoms with E-state index in [4.69, 9.17) is 14.4 Å². The van der Waals surface area contributed by atoms with Gasteiger partial charge >= 0.3 is 5.97 Å². The van der Waals surface area contributed by atoms with Crippen molar-refractivity contribution in [1.82, 2.24) is 15.0 Å². The molecule has 0 saturated carbocycles. The van der Waals surface area contributed by atoms with Crippen molar-refractivity contribution in [2.75, 3.05) is 26.2 Å². The van der Waals surface area contributed by atoms with Crippen LogP contribution in [0.1, 0.15) is 31.2 Å². The molecular formula is C11H17N3O4. The molecule has 1 atom stereocenters. The Balaban J connectivity index is 1.94. The fourth-order valence-corrected chi connectivity index (χ4v) is 1.86. The van der Waals surface area contributed by atoms with E-state index in [0.29, 0.717) is 18.3 Å². The summed E-state index contributed by atoms with van der Waals surface area (Å²) in [5, 5.41) is 12.4. The van der Waals surface area contributed by atoms with Gasteiger partial charge in [0.15, 0.2) is 0 Å². The molecule has 1 N–H and O–H groups in total. The zero-order valence-corrected chi connectivity index (χ0v) is 10.3. The largest absolute Gasteiger partial charge is 0.481 e. The quantitative estimate of drug-likeness (QED) is 0.818. The average Bonchev–Trinajstić information content (AvgIpc) is 2.85. The van der Waals surface area contributed by atoms with Crippen molar-refractivity contribution < 1.29 is 19.2 Å². The highest BCUT2D eigenvalue weighted by Gasteiger charge is 2.25. The van der Waals surface area contributed by atoms with Crippen LogP contribution in [0.4, 0.5) is 0 Å². The van der Waals surface area contributed by atoms with Crippen molar-refractivity contribution >= 4 is 5.97 Å². The van der Waals surface area contributed by atoms with Gasteiger partial charge in [0.05, 0.1) is 13.0 Å². The standard InChI is InChI=1S/C11H17N3O4/c1-2-14-5-6-17-8(7-14)11-12-9(18-13-11)3-4-10(15)16/h8H,2-7H2,1H3,(H,15,16). The lowest BCUT2D eigenvalue weighted by Crippen LogP contribution is -2.38. The molecule has 100 valence electrons. The maximum Gasteiger partial charge on any atom is 0.303 e. The van der Waals surface area contributed by atoms with Crippen molar-refractivity contribution in [3.63, 3.8) is 0 Å². The molecule has 1 aliphatic heterocycles. The highest BCUT2D eigenvalue weighted by atomic mass is 16.5. The molecule has 2 heterocycles. The Kier molecular flexibility index (Phi) is 4.27. The van der Waals surface area contributed by atoms with Gasteiger partial charge in [-0.1, -0.05) is 12.1 Å². The van der Waals surface area contributed by atoms with E-state index in [-0.39, 0.29) is 18.9 Å². The summed E-state index contributed by atoms with van der Waals surface area (Å²) < 4.78 is 10.6. The summed E-state index contributed by atoms with van der Waals surface area (Å²) in [4.78, 5) is 16.9. The van der Waals surface area contributed by atoms with Gasteiger partial charge in [0.1, 0.15) is 6.10 Å². The first-order valence-corrected chi connectivity index (χ1v) is 6.07. The Morgan fingerprint density at radius 1 is 1.61 bits per heavy atom. The number of ether oxygens (including phenoxy) is 1. The van der Waals surface area contributed by atoms with E-state index in [1.54, 1.807) is 0 Å². The summed E-state index contributed by atoms with van der Waals surface area (Å²) in [6.07, 6.45) is 0.0712. The molecule has 2 rings (SSSR count). The number of carbonyl (C=O) groups is 1. The number of aromatic nitrogens is 2. The van der Waals surface area contributed by atoms with Crippen LogP contribution in [-0.4, -0.2) is 52.4 Å². The monoisotopic (exact) mass is 255 g/mol. The average molecular weight is 255 g/mol. The molecule has 0 amide bonds. The summed E-state index contributed by atoms with van der Waals surface area (Å²) in [6.45, 7) is 5.36. The van der Waals surface area contributed by atoms with Gasteiger partial charge < -0.3 is 14.4 Å². The van der Waals surface area contributed by atoms with Crippen LogP contribution in [0.15, 0.2) is 4.52 Å². The number of rotatable bonds is 5. The minimum Gasteiger partial charge on any atom is -0.481 e. The number of likely N-dealkylation sites (N-methyl/N-ethyl adjacent to an activating group) is 1. The molecule has 1 aromatic rings. The highest BCUT2D eigenvalue weighted by Crippen LogP contribution is 2.19. The van der Waals surface area contributed by atoms with Gasteiger partial charge in [0.2, 0.25) is 11.7 Å². The molecule has 1 saturated heterocycles. The highest BCUT2D eigenvalue weighted by molar-refractivity contribution is 5.66. The molecule has 0 spiro atoms. The van der Waals surface area contributed by atoms with Gasteiger partial charge in [-0.2, -0.15) is 4.98 Å². The van der Waals surface area contributed by atoms with Crippen LogP contribution in [0.3, 0.4) is 0 Å². The number of hydrogen-bond donors (Lipinski definition) is 1. The number of aliphatic carboxylic acids is 1. The number of nitrogens with zero attached hydrogens (tertiary/aromatic N) is 3. The zero-order valence-electron chi connectivity index (χ0n) is 10.3. The van der Waals surface area contributed by atoms with Crippen molar-refractivity contribution in [1.29, 1.82) is 0 Å². The lowest BCUT2D eigenvalue weighted by atomic mass is 10.2. The Morgan fingerprint density at radius 2 is 2.44 bits per heavy atom. The lowest BCUT2D eigenvalue weighted by molar-refractivity contribution is -0.137. The first kappa shape index (κ1) is 13.0. The second-order valence-electron chi connectivity index (χ2n) is 4.19. The fourth-order valence-electron chi connectivity index (χ4n) is 1.86. The molecular weight excluding hydrogens is 238 g/mol. The second-order valence-corrected chi connectivity index (χ2v) is 4.19. The van der Waals surface area contributed by atoms with Crippen LogP contribution >= 0.6 is 0 Å². The minimum absolute atomic E-state index is 0.00571. The maximum absolute atomic E-state index is 10.4. The van der Waals surface area contributed by atoms with Gasteiger partial charge in [0.25, 0.3) is 0 Å². The third-order valence-electron chi connectivity index (χ3n) is 2.92. The molecule has 0 radical (unpaired) electrons. The molecule has 0 aliphatic carbocycles. The zero-order chi connectivity index (χ0) is 13.0. The van der Waals surface area contributed by atoms with Crippen LogP contribution in [0.25, 0.3) is 0 Å². The molecule has 1 fully saturated rings. The second kappa shape index (κ2) is 5.92. The molecule has 1 aliphatic rings. The fraction of sp³-hybridized carbons (Fsp3) is 0.727. The topological polar surface area (TPSA) is 88.7 Å². The molecule has 1 unspecified atom stereocenters. The molecule has 7 nitrogen and oxygen atoms in total. The van der Waals surface area contributed by atoms with Crippen molar-refractivity contribution in [3.8, 4) is 0 Å². The molecule has 7 heteroatoms. The van der Waals surface area contributed by atoms with E-state index in [1.807, 2.05) is 0 Å². The molecule has 0 bridgehead atoms. The smallest absolute Gasteiger partial charge is 0.303 e. The maximum atomic E-state index is 10.4. The number of carboxylic acids is 1. The van der Waals surface area contributed by atoms with Gasteiger partial charge in [-0.25, -0.2) is 0 Å². The summed E-state index contributed by atoms with van der Waals surface area (Å²) >= 11 is 0. The lowest BCUT2D eigenvalue weighted by Gasteiger charge is -2.30. The Hall–Kier alpha value is -1.47. The summed E-state index contributed by atoms with van der Waals surface area (Å²) in [7, 11) is 0.